The highest BCUT2D eigenvalue weighted by molar-refractivity contribution is 5.94. The first-order valence-electron chi connectivity index (χ1n) is 9.09. The number of anilines is 1. The molecule has 0 spiro atoms. The Morgan fingerprint density at radius 2 is 1.27 bits per heavy atom. The smallest absolute Gasteiger partial charge is 0.0393 e. The second-order valence-corrected chi connectivity index (χ2v) is 7.72. The first-order valence-corrected chi connectivity index (χ1v) is 9.09. The van der Waals surface area contributed by atoms with Crippen LogP contribution in [0.2, 0.25) is 0 Å². The van der Waals surface area contributed by atoms with Gasteiger partial charge in [-0.1, -0.05) is 68.4 Å². The third-order valence-corrected chi connectivity index (χ3v) is 5.81. The quantitative estimate of drug-likeness (QED) is 0.400. The van der Waals surface area contributed by atoms with Crippen molar-refractivity contribution in [3.8, 4) is 22.3 Å². The van der Waals surface area contributed by atoms with Gasteiger partial charge in [0.05, 0.1) is 0 Å². The van der Waals surface area contributed by atoms with Crippen LogP contribution in [0.1, 0.15) is 25.0 Å². The molecule has 126 valence electrons. The van der Waals surface area contributed by atoms with Crippen LogP contribution >= 0.6 is 0 Å². The van der Waals surface area contributed by atoms with Crippen molar-refractivity contribution in [2.24, 2.45) is 0 Å². The standard InChI is InChI=1S/C25H21N/c1-25(2)22-12-11-18(19-9-5-6-10-24(19)26)14-20(22)21-13-16-7-3-4-8-17(16)15-23(21)25/h3-15H,26H2,1-2H3. The highest BCUT2D eigenvalue weighted by atomic mass is 14.6. The van der Waals surface area contributed by atoms with Gasteiger partial charge in [-0.25, -0.2) is 0 Å². The van der Waals surface area contributed by atoms with Gasteiger partial charge in [-0.2, -0.15) is 0 Å². The van der Waals surface area contributed by atoms with Crippen LogP contribution in [0.5, 0.6) is 0 Å². The molecule has 4 aromatic rings. The zero-order chi connectivity index (χ0) is 17.9. The number of hydrogen-bond donors (Lipinski definition) is 1. The third kappa shape index (κ3) is 2.04. The van der Waals surface area contributed by atoms with E-state index in [1.807, 2.05) is 18.2 Å². The fourth-order valence-corrected chi connectivity index (χ4v) is 4.36. The summed E-state index contributed by atoms with van der Waals surface area (Å²) in [5.74, 6) is 0. The van der Waals surface area contributed by atoms with Crippen LogP contribution in [0.25, 0.3) is 33.0 Å². The van der Waals surface area contributed by atoms with Gasteiger partial charge in [0.1, 0.15) is 0 Å². The van der Waals surface area contributed by atoms with Crippen LogP contribution in [0, 0.1) is 0 Å². The molecule has 0 saturated heterocycles. The van der Waals surface area contributed by atoms with E-state index in [1.165, 1.54) is 38.6 Å². The average Bonchev–Trinajstić information content (AvgIpc) is 2.87. The molecule has 4 aromatic carbocycles. The minimum absolute atomic E-state index is 0.00939. The molecule has 5 rings (SSSR count). The molecule has 0 atom stereocenters. The molecule has 0 unspecified atom stereocenters. The molecule has 0 aromatic heterocycles. The van der Waals surface area contributed by atoms with Crippen molar-refractivity contribution in [1.82, 2.24) is 0 Å². The molecule has 0 saturated carbocycles. The summed E-state index contributed by atoms with van der Waals surface area (Å²) >= 11 is 0. The van der Waals surface area contributed by atoms with Crippen LogP contribution < -0.4 is 5.73 Å². The summed E-state index contributed by atoms with van der Waals surface area (Å²) in [4.78, 5) is 0. The van der Waals surface area contributed by atoms with Crippen molar-refractivity contribution in [3.05, 3.63) is 90.0 Å². The Morgan fingerprint density at radius 3 is 2.04 bits per heavy atom. The first kappa shape index (κ1) is 15.2. The largest absolute Gasteiger partial charge is 0.398 e. The summed E-state index contributed by atoms with van der Waals surface area (Å²) in [6.07, 6.45) is 0. The molecule has 26 heavy (non-hydrogen) atoms. The summed E-state index contributed by atoms with van der Waals surface area (Å²) in [7, 11) is 0. The second-order valence-electron chi connectivity index (χ2n) is 7.72. The van der Waals surface area contributed by atoms with Crippen LogP contribution in [-0.4, -0.2) is 0 Å². The molecule has 0 aliphatic heterocycles. The summed E-state index contributed by atoms with van der Waals surface area (Å²) in [5.41, 5.74) is 14.8. The molecular formula is C25H21N. The number of rotatable bonds is 1. The van der Waals surface area contributed by atoms with Crippen LogP contribution in [0.3, 0.4) is 0 Å². The van der Waals surface area contributed by atoms with Gasteiger partial charge in [0.2, 0.25) is 0 Å². The molecular weight excluding hydrogens is 314 g/mol. The number of nitrogen functional groups attached to an aromatic ring is 1. The Balaban J connectivity index is 1.79. The van der Waals surface area contributed by atoms with E-state index >= 15 is 0 Å². The zero-order valence-corrected chi connectivity index (χ0v) is 15.1. The Labute approximate surface area is 154 Å². The normalized spacial score (nSPS) is 14.2. The van der Waals surface area contributed by atoms with Gasteiger partial charge in [0, 0.05) is 16.7 Å². The lowest BCUT2D eigenvalue weighted by molar-refractivity contribution is 0.661. The summed E-state index contributed by atoms with van der Waals surface area (Å²) in [6.45, 7) is 4.64. The van der Waals surface area contributed by atoms with Gasteiger partial charge >= 0.3 is 0 Å². The number of para-hydroxylation sites is 1. The molecule has 1 nitrogen and oxygen atoms in total. The lowest BCUT2D eigenvalue weighted by Gasteiger charge is -2.22. The van der Waals surface area contributed by atoms with E-state index in [0.717, 1.165) is 11.3 Å². The average molecular weight is 335 g/mol. The molecule has 0 radical (unpaired) electrons. The lowest BCUT2D eigenvalue weighted by atomic mass is 9.81. The van der Waals surface area contributed by atoms with Crippen LogP contribution in [0.15, 0.2) is 78.9 Å². The minimum Gasteiger partial charge on any atom is -0.398 e. The molecule has 1 aliphatic carbocycles. The second kappa shape index (κ2) is 5.22. The van der Waals surface area contributed by atoms with E-state index in [1.54, 1.807) is 0 Å². The number of benzene rings is 4. The molecule has 1 aliphatic rings. The predicted molar refractivity (Wildman–Crippen MR) is 111 cm³/mol. The Morgan fingerprint density at radius 1 is 0.615 bits per heavy atom. The number of hydrogen-bond acceptors (Lipinski definition) is 1. The van der Waals surface area contributed by atoms with Crippen molar-refractivity contribution in [2.75, 3.05) is 5.73 Å². The van der Waals surface area contributed by atoms with E-state index in [9.17, 15) is 0 Å². The highest BCUT2D eigenvalue weighted by Crippen LogP contribution is 2.50. The van der Waals surface area contributed by atoms with E-state index in [0.29, 0.717) is 0 Å². The first-order chi connectivity index (χ1) is 12.6. The Kier molecular flexibility index (Phi) is 3.05. The fourth-order valence-electron chi connectivity index (χ4n) is 4.36. The minimum atomic E-state index is 0.00939. The third-order valence-electron chi connectivity index (χ3n) is 5.81. The van der Waals surface area contributed by atoms with E-state index < -0.39 is 0 Å². The summed E-state index contributed by atoms with van der Waals surface area (Å²) < 4.78 is 0. The molecule has 0 bridgehead atoms. The van der Waals surface area contributed by atoms with Crippen molar-refractivity contribution in [1.29, 1.82) is 0 Å². The van der Waals surface area contributed by atoms with E-state index in [-0.39, 0.29) is 5.41 Å². The van der Waals surface area contributed by atoms with Gasteiger partial charge in [0.25, 0.3) is 0 Å². The maximum absolute atomic E-state index is 6.22. The molecule has 2 N–H and O–H groups in total. The highest BCUT2D eigenvalue weighted by Gasteiger charge is 2.35. The summed E-state index contributed by atoms with van der Waals surface area (Å²) in [5, 5.41) is 2.60. The topological polar surface area (TPSA) is 26.0 Å². The fraction of sp³-hybridized carbons (Fsp3) is 0.120. The number of nitrogens with two attached hydrogens (primary N) is 1. The predicted octanol–water partition coefficient (Wildman–Crippen LogP) is 6.40. The van der Waals surface area contributed by atoms with Gasteiger partial charge in [0.15, 0.2) is 0 Å². The Hall–Kier alpha value is -3.06. The van der Waals surface area contributed by atoms with E-state index in [2.05, 4.69) is 74.5 Å². The molecule has 0 amide bonds. The van der Waals surface area contributed by atoms with Crippen LogP contribution in [0.4, 0.5) is 5.69 Å². The van der Waals surface area contributed by atoms with Gasteiger partial charge in [-0.3, -0.25) is 0 Å². The van der Waals surface area contributed by atoms with Gasteiger partial charge in [-0.15, -0.1) is 0 Å². The molecule has 0 fully saturated rings. The van der Waals surface area contributed by atoms with Crippen molar-refractivity contribution in [3.63, 3.8) is 0 Å². The Bertz CT molecular complexity index is 1170. The monoisotopic (exact) mass is 335 g/mol. The number of fused-ring (bicyclic) bond motifs is 4. The molecule has 1 heteroatoms. The maximum Gasteiger partial charge on any atom is 0.0393 e. The van der Waals surface area contributed by atoms with Crippen molar-refractivity contribution in [2.45, 2.75) is 19.3 Å². The van der Waals surface area contributed by atoms with Gasteiger partial charge < -0.3 is 5.73 Å². The lowest BCUT2D eigenvalue weighted by Crippen LogP contribution is -2.14. The van der Waals surface area contributed by atoms with E-state index in [4.69, 9.17) is 5.73 Å². The maximum atomic E-state index is 6.22. The summed E-state index contributed by atoms with van der Waals surface area (Å²) in [6, 6.07) is 28.2. The molecule has 0 heterocycles. The van der Waals surface area contributed by atoms with Crippen molar-refractivity contribution < 1.29 is 0 Å². The van der Waals surface area contributed by atoms with Crippen LogP contribution in [-0.2, 0) is 5.41 Å². The van der Waals surface area contributed by atoms with Gasteiger partial charge in [-0.05, 0) is 62.9 Å². The zero-order valence-electron chi connectivity index (χ0n) is 15.1. The van der Waals surface area contributed by atoms with Crippen molar-refractivity contribution >= 4 is 16.5 Å². The SMILES string of the molecule is CC1(C)c2ccc(-c3ccccc3N)cc2-c2cc3ccccc3cc21.